The van der Waals surface area contributed by atoms with Crippen molar-refractivity contribution >= 4 is 5.91 Å². The molecule has 0 unspecified atom stereocenters. The Kier molecular flexibility index (Phi) is 4.83. The van der Waals surface area contributed by atoms with E-state index in [1.807, 2.05) is 38.1 Å². The highest BCUT2D eigenvalue weighted by Gasteiger charge is 2.34. The highest BCUT2D eigenvalue weighted by Crippen LogP contribution is 2.39. The minimum atomic E-state index is -0.330. The van der Waals surface area contributed by atoms with Crippen LogP contribution in [0.25, 0.3) is 0 Å². The third-order valence-corrected chi connectivity index (χ3v) is 4.14. The van der Waals surface area contributed by atoms with Crippen LogP contribution < -0.4 is 19.5 Å². The number of carbonyl (C=O) groups is 1. The Morgan fingerprint density at radius 1 is 1.16 bits per heavy atom. The Bertz CT molecular complexity index is 740. The van der Waals surface area contributed by atoms with Crippen molar-refractivity contribution in [3.63, 3.8) is 0 Å². The van der Waals surface area contributed by atoms with Gasteiger partial charge in [0, 0.05) is 12.0 Å². The van der Waals surface area contributed by atoms with Crippen molar-refractivity contribution < 1.29 is 19.0 Å². The zero-order valence-corrected chi connectivity index (χ0v) is 14.7. The zero-order valence-electron chi connectivity index (χ0n) is 14.7. The molecule has 3 rings (SSSR count). The molecule has 2 aromatic rings. The smallest absolute Gasteiger partial charge is 0.258 e. The summed E-state index contributed by atoms with van der Waals surface area (Å²) in [6, 6.07) is 14.9. The number of ether oxygens (including phenoxy) is 3. The topological polar surface area (TPSA) is 56.8 Å². The number of methoxy groups -OCH3 is 1. The van der Waals surface area contributed by atoms with Crippen LogP contribution in [0.5, 0.6) is 17.2 Å². The standard InChI is InChI=1S/C20H23NO4/c1-20(2)12-17(16-6-4-5-7-18(16)25-20)21-19(22)13-24-15-10-8-14(23-3)9-11-15/h4-11,17H,12-13H2,1-3H3,(H,21,22)/t17-/m0/s1. The molecule has 5 heteroatoms. The summed E-state index contributed by atoms with van der Waals surface area (Å²) in [5.74, 6) is 2.04. The average molecular weight is 341 g/mol. The fourth-order valence-electron chi connectivity index (χ4n) is 2.99. The highest BCUT2D eigenvalue weighted by molar-refractivity contribution is 5.78. The number of fused-ring (bicyclic) bond motifs is 1. The molecule has 0 radical (unpaired) electrons. The first-order valence-electron chi connectivity index (χ1n) is 8.31. The number of benzene rings is 2. The van der Waals surface area contributed by atoms with Gasteiger partial charge in [-0.25, -0.2) is 0 Å². The van der Waals surface area contributed by atoms with E-state index in [2.05, 4.69) is 5.32 Å². The number of amides is 1. The quantitative estimate of drug-likeness (QED) is 0.904. The first-order chi connectivity index (χ1) is 12.0. The lowest BCUT2D eigenvalue weighted by atomic mass is 9.90. The Hall–Kier alpha value is -2.69. The summed E-state index contributed by atoms with van der Waals surface area (Å²) >= 11 is 0. The Morgan fingerprint density at radius 3 is 2.56 bits per heavy atom. The second-order valence-corrected chi connectivity index (χ2v) is 6.69. The van der Waals surface area contributed by atoms with E-state index in [4.69, 9.17) is 14.2 Å². The van der Waals surface area contributed by atoms with E-state index in [1.54, 1.807) is 31.4 Å². The van der Waals surface area contributed by atoms with Crippen LogP contribution >= 0.6 is 0 Å². The van der Waals surface area contributed by atoms with Gasteiger partial charge in [-0.2, -0.15) is 0 Å². The maximum atomic E-state index is 12.3. The molecule has 2 aromatic carbocycles. The van der Waals surface area contributed by atoms with Crippen LogP contribution in [0.2, 0.25) is 0 Å². The number of carbonyl (C=O) groups excluding carboxylic acids is 1. The van der Waals surface area contributed by atoms with Gasteiger partial charge in [0.25, 0.3) is 5.91 Å². The average Bonchev–Trinajstić information content (AvgIpc) is 2.59. The normalized spacial score (nSPS) is 17.8. The summed E-state index contributed by atoms with van der Waals surface area (Å²) in [6.07, 6.45) is 0.707. The molecular formula is C20H23NO4. The minimum Gasteiger partial charge on any atom is -0.497 e. The lowest BCUT2D eigenvalue weighted by molar-refractivity contribution is -0.124. The third kappa shape index (κ3) is 4.24. The van der Waals surface area contributed by atoms with Crippen LogP contribution in [-0.2, 0) is 4.79 Å². The van der Waals surface area contributed by atoms with Crippen molar-refractivity contribution in [2.75, 3.05) is 13.7 Å². The van der Waals surface area contributed by atoms with E-state index in [-0.39, 0.29) is 24.2 Å². The monoisotopic (exact) mass is 341 g/mol. The SMILES string of the molecule is COc1ccc(OCC(=O)N[C@H]2CC(C)(C)Oc3ccccc32)cc1. The maximum Gasteiger partial charge on any atom is 0.258 e. The summed E-state index contributed by atoms with van der Waals surface area (Å²) in [7, 11) is 1.61. The third-order valence-electron chi connectivity index (χ3n) is 4.14. The summed E-state index contributed by atoms with van der Waals surface area (Å²) in [4.78, 5) is 12.3. The van der Waals surface area contributed by atoms with E-state index in [0.717, 1.165) is 17.1 Å². The molecule has 0 bridgehead atoms. The highest BCUT2D eigenvalue weighted by atomic mass is 16.5. The number of hydrogen-bond acceptors (Lipinski definition) is 4. The van der Waals surface area contributed by atoms with Crippen LogP contribution in [0.3, 0.4) is 0 Å². The van der Waals surface area contributed by atoms with Gasteiger partial charge >= 0.3 is 0 Å². The second kappa shape index (κ2) is 7.05. The van der Waals surface area contributed by atoms with Gasteiger partial charge in [-0.3, -0.25) is 4.79 Å². The molecule has 1 heterocycles. The van der Waals surface area contributed by atoms with Crippen LogP contribution in [0.4, 0.5) is 0 Å². The van der Waals surface area contributed by atoms with Gasteiger partial charge in [0.2, 0.25) is 0 Å². The molecule has 1 aliphatic heterocycles. The van der Waals surface area contributed by atoms with Crippen molar-refractivity contribution in [3.8, 4) is 17.2 Å². The molecule has 0 fully saturated rings. The summed E-state index contributed by atoms with van der Waals surface area (Å²) in [5.41, 5.74) is 0.669. The Labute approximate surface area is 147 Å². The second-order valence-electron chi connectivity index (χ2n) is 6.69. The molecule has 25 heavy (non-hydrogen) atoms. The molecule has 0 aliphatic carbocycles. The molecule has 0 saturated heterocycles. The lowest BCUT2D eigenvalue weighted by Crippen LogP contribution is -2.42. The molecule has 132 valence electrons. The van der Waals surface area contributed by atoms with E-state index in [1.165, 1.54) is 0 Å². The van der Waals surface area contributed by atoms with Crippen LogP contribution in [-0.4, -0.2) is 25.2 Å². The number of para-hydroxylation sites is 1. The van der Waals surface area contributed by atoms with Crippen LogP contribution in [0.1, 0.15) is 31.9 Å². The molecule has 1 aliphatic rings. The maximum absolute atomic E-state index is 12.3. The lowest BCUT2D eigenvalue weighted by Gasteiger charge is -2.37. The van der Waals surface area contributed by atoms with Gasteiger partial charge in [-0.15, -0.1) is 0 Å². The molecule has 0 spiro atoms. The minimum absolute atomic E-state index is 0.0354. The summed E-state index contributed by atoms with van der Waals surface area (Å²) < 4.78 is 16.6. The van der Waals surface area contributed by atoms with Crippen molar-refractivity contribution in [1.29, 1.82) is 0 Å². The summed E-state index contributed by atoms with van der Waals surface area (Å²) in [6.45, 7) is 4.01. The zero-order chi connectivity index (χ0) is 17.9. The van der Waals surface area contributed by atoms with Crippen molar-refractivity contribution in [1.82, 2.24) is 5.32 Å². The number of hydrogen-bond donors (Lipinski definition) is 1. The summed E-state index contributed by atoms with van der Waals surface area (Å²) in [5, 5.41) is 3.05. The molecule has 1 N–H and O–H groups in total. The molecule has 0 aromatic heterocycles. The van der Waals surface area contributed by atoms with Gasteiger partial charge in [0.1, 0.15) is 22.8 Å². The fourth-order valence-corrected chi connectivity index (χ4v) is 2.99. The Balaban J connectivity index is 1.62. The molecular weight excluding hydrogens is 318 g/mol. The van der Waals surface area contributed by atoms with E-state index in [0.29, 0.717) is 12.2 Å². The van der Waals surface area contributed by atoms with Gasteiger partial charge in [-0.05, 0) is 44.2 Å². The predicted molar refractivity (Wildman–Crippen MR) is 95.1 cm³/mol. The molecule has 0 saturated carbocycles. The largest absolute Gasteiger partial charge is 0.497 e. The van der Waals surface area contributed by atoms with Crippen LogP contribution in [0, 0.1) is 0 Å². The van der Waals surface area contributed by atoms with Gasteiger partial charge in [0.05, 0.1) is 13.2 Å². The predicted octanol–water partition coefficient (Wildman–Crippen LogP) is 3.49. The van der Waals surface area contributed by atoms with Gasteiger partial charge in [0.15, 0.2) is 6.61 Å². The first kappa shape index (κ1) is 17.1. The van der Waals surface area contributed by atoms with Crippen molar-refractivity contribution in [3.05, 3.63) is 54.1 Å². The fraction of sp³-hybridized carbons (Fsp3) is 0.350. The molecule has 1 atom stereocenters. The van der Waals surface area contributed by atoms with E-state index in [9.17, 15) is 4.79 Å². The van der Waals surface area contributed by atoms with E-state index >= 15 is 0 Å². The number of nitrogens with one attached hydrogen (secondary N) is 1. The van der Waals surface area contributed by atoms with Crippen LogP contribution in [0.15, 0.2) is 48.5 Å². The van der Waals surface area contributed by atoms with Gasteiger partial charge < -0.3 is 19.5 Å². The molecule has 5 nitrogen and oxygen atoms in total. The van der Waals surface area contributed by atoms with Crippen molar-refractivity contribution in [2.24, 2.45) is 0 Å². The molecule has 1 amide bonds. The van der Waals surface area contributed by atoms with Crippen molar-refractivity contribution in [2.45, 2.75) is 31.9 Å². The number of rotatable bonds is 5. The first-order valence-corrected chi connectivity index (χ1v) is 8.31. The Morgan fingerprint density at radius 2 is 1.84 bits per heavy atom. The van der Waals surface area contributed by atoms with Gasteiger partial charge in [-0.1, -0.05) is 18.2 Å². The van der Waals surface area contributed by atoms with E-state index < -0.39 is 0 Å².